The van der Waals surface area contributed by atoms with Gasteiger partial charge in [-0.1, -0.05) is 17.8 Å². The second-order valence-corrected chi connectivity index (χ2v) is 13.2. The predicted octanol–water partition coefficient (Wildman–Crippen LogP) is 5.48. The molecule has 1 amide bonds. The Morgan fingerprint density at radius 2 is 1.76 bits per heavy atom. The van der Waals surface area contributed by atoms with Crippen molar-refractivity contribution >= 4 is 43.3 Å². The molecule has 3 heterocycles. The number of sulfonamides is 1. The van der Waals surface area contributed by atoms with E-state index < -0.39 is 10.0 Å². The SMILES string of the molecule is Cc1cc(NC(=O)c2ccc(S(=O)(=O)N3CCCCC3C)cc2)n(-c2nc3cc4c(cc3s2)CCCC4)n1. The molecule has 1 unspecified atom stereocenters. The van der Waals surface area contributed by atoms with Crippen LogP contribution in [0.3, 0.4) is 0 Å². The van der Waals surface area contributed by atoms with Gasteiger partial charge < -0.3 is 5.32 Å². The number of anilines is 1. The molecule has 4 aromatic rings. The molecule has 0 spiro atoms. The molecule has 2 aliphatic rings. The summed E-state index contributed by atoms with van der Waals surface area (Å²) in [5, 5.41) is 8.23. The Morgan fingerprint density at radius 1 is 1.03 bits per heavy atom. The number of nitrogens with one attached hydrogen (secondary N) is 1. The Hall–Kier alpha value is -3.08. The smallest absolute Gasteiger partial charge is 0.256 e. The van der Waals surface area contributed by atoms with Gasteiger partial charge >= 0.3 is 0 Å². The molecular formula is C28H31N5O3S2. The van der Waals surface area contributed by atoms with Crippen LogP contribution >= 0.6 is 11.3 Å². The second kappa shape index (κ2) is 9.91. The van der Waals surface area contributed by atoms with Gasteiger partial charge in [0, 0.05) is 24.2 Å². The normalized spacial score (nSPS) is 18.4. The molecule has 198 valence electrons. The van der Waals surface area contributed by atoms with E-state index in [1.54, 1.807) is 32.5 Å². The number of fused-ring (bicyclic) bond motifs is 2. The molecular weight excluding hydrogens is 518 g/mol. The first kappa shape index (κ1) is 25.2. The largest absolute Gasteiger partial charge is 0.306 e. The van der Waals surface area contributed by atoms with E-state index in [0.717, 1.165) is 48.0 Å². The molecule has 0 bridgehead atoms. The molecule has 0 saturated carbocycles. The van der Waals surface area contributed by atoms with Crippen molar-refractivity contribution in [2.45, 2.75) is 69.7 Å². The van der Waals surface area contributed by atoms with E-state index in [2.05, 4.69) is 22.5 Å². The first-order valence-corrected chi connectivity index (χ1v) is 15.5. The Kier molecular flexibility index (Phi) is 6.57. The summed E-state index contributed by atoms with van der Waals surface area (Å²) in [6.45, 7) is 4.35. The number of nitrogens with zero attached hydrogens (tertiary/aromatic N) is 4. The van der Waals surface area contributed by atoms with E-state index in [0.29, 0.717) is 23.1 Å². The summed E-state index contributed by atoms with van der Waals surface area (Å²) in [7, 11) is -3.59. The number of aryl methyl sites for hydroxylation is 3. The highest BCUT2D eigenvalue weighted by molar-refractivity contribution is 7.89. The molecule has 2 aromatic carbocycles. The number of hydrogen-bond acceptors (Lipinski definition) is 6. The third-order valence-corrected chi connectivity index (χ3v) is 10.6. The van der Waals surface area contributed by atoms with Crippen molar-refractivity contribution in [3.63, 3.8) is 0 Å². The summed E-state index contributed by atoms with van der Waals surface area (Å²) in [4.78, 5) is 18.2. The van der Waals surface area contributed by atoms with E-state index in [1.165, 1.54) is 36.1 Å². The van der Waals surface area contributed by atoms with Crippen LogP contribution in [0.25, 0.3) is 15.3 Å². The average molecular weight is 550 g/mol. The van der Waals surface area contributed by atoms with Crippen LogP contribution < -0.4 is 5.32 Å². The summed E-state index contributed by atoms with van der Waals surface area (Å²) in [5.41, 5.74) is 4.88. The maximum atomic E-state index is 13.1. The molecule has 8 nitrogen and oxygen atoms in total. The molecule has 1 saturated heterocycles. The maximum Gasteiger partial charge on any atom is 0.256 e. The number of thiazole rings is 1. The van der Waals surface area contributed by atoms with E-state index in [-0.39, 0.29) is 16.8 Å². The molecule has 38 heavy (non-hydrogen) atoms. The summed E-state index contributed by atoms with van der Waals surface area (Å²) < 4.78 is 30.6. The molecule has 1 fully saturated rings. The molecule has 1 aliphatic carbocycles. The Morgan fingerprint density at radius 3 is 2.50 bits per heavy atom. The van der Waals surface area contributed by atoms with Gasteiger partial charge in [-0.25, -0.2) is 13.4 Å². The fraction of sp³-hybridized carbons (Fsp3) is 0.393. The zero-order valence-corrected chi connectivity index (χ0v) is 23.2. The number of piperidine rings is 1. The number of carbonyl (C=O) groups excluding carboxylic acids is 1. The minimum Gasteiger partial charge on any atom is -0.306 e. The lowest BCUT2D eigenvalue weighted by Crippen LogP contribution is -2.41. The number of aromatic nitrogens is 3. The van der Waals surface area contributed by atoms with Crippen molar-refractivity contribution in [3.05, 3.63) is 64.8 Å². The van der Waals surface area contributed by atoms with Crippen LogP contribution in [-0.4, -0.2) is 46.0 Å². The fourth-order valence-electron chi connectivity index (χ4n) is 5.50. The van der Waals surface area contributed by atoms with Gasteiger partial charge in [-0.3, -0.25) is 4.79 Å². The predicted molar refractivity (Wildman–Crippen MR) is 150 cm³/mol. The van der Waals surface area contributed by atoms with Gasteiger partial charge in [-0.15, -0.1) is 0 Å². The van der Waals surface area contributed by atoms with Gasteiger partial charge in [0.1, 0.15) is 5.82 Å². The summed E-state index contributed by atoms with van der Waals surface area (Å²) in [6, 6.07) is 12.4. The summed E-state index contributed by atoms with van der Waals surface area (Å²) >= 11 is 1.56. The number of benzene rings is 2. The van der Waals surface area contributed by atoms with Gasteiger partial charge in [0.2, 0.25) is 15.2 Å². The fourth-order valence-corrected chi connectivity index (χ4v) is 8.18. The molecule has 1 N–H and O–H groups in total. The van der Waals surface area contributed by atoms with Gasteiger partial charge in [0.05, 0.1) is 20.8 Å². The first-order chi connectivity index (χ1) is 18.3. The van der Waals surface area contributed by atoms with Gasteiger partial charge in [0.15, 0.2) is 0 Å². The third-order valence-electron chi connectivity index (χ3n) is 7.56. The van der Waals surface area contributed by atoms with Crippen LogP contribution in [0.5, 0.6) is 0 Å². The molecule has 0 radical (unpaired) electrons. The minimum atomic E-state index is -3.59. The Balaban J connectivity index is 1.24. The highest BCUT2D eigenvalue weighted by Gasteiger charge is 2.31. The van der Waals surface area contributed by atoms with Crippen molar-refractivity contribution in [1.29, 1.82) is 0 Å². The van der Waals surface area contributed by atoms with Crippen molar-refractivity contribution in [2.75, 3.05) is 11.9 Å². The topological polar surface area (TPSA) is 97.2 Å². The van der Waals surface area contributed by atoms with Crippen molar-refractivity contribution in [1.82, 2.24) is 19.1 Å². The van der Waals surface area contributed by atoms with Crippen LogP contribution in [0, 0.1) is 6.92 Å². The number of amides is 1. The van der Waals surface area contributed by atoms with Gasteiger partial charge in [0.25, 0.3) is 5.91 Å². The van der Waals surface area contributed by atoms with Crippen molar-refractivity contribution in [2.24, 2.45) is 0 Å². The van der Waals surface area contributed by atoms with Crippen molar-refractivity contribution in [3.8, 4) is 5.13 Å². The summed E-state index contributed by atoms with van der Waals surface area (Å²) in [5.74, 6) is 0.188. The van der Waals surface area contributed by atoms with E-state index in [1.807, 2.05) is 19.9 Å². The maximum absolute atomic E-state index is 13.1. The summed E-state index contributed by atoms with van der Waals surface area (Å²) in [6.07, 6.45) is 7.42. The number of rotatable bonds is 5. The lowest BCUT2D eigenvalue weighted by atomic mass is 9.92. The zero-order chi connectivity index (χ0) is 26.4. The Bertz CT molecular complexity index is 1580. The lowest BCUT2D eigenvalue weighted by Gasteiger charge is -2.32. The Labute approximate surface area is 226 Å². The molecule has 10 heteroatoms. The van der Waals surface area contributed by atoms with E-state index in [9.17, 15) is 13.2 Å². The van der Waals surface area contributed by atoms with Gasteiger partial charge in [-0.05, 0) is 99.9 Å². The van der Waals surface area contributed by atoms with E-state index in [4.69, 9.17) is 4.98 Å². The standard InChI is InChI=1S/C28H31N5O3S2/c1-18-15-26(33(31-18)28-29-24-16-21-8-3-4-9-22(21)17-25(24)37-28)30-27(34)20-10-12-23(13-11-20)38(35,36)32-14-6-5-7-19(32)2/h10-13,15-17,19H,3-9,14H2,1-2H3,(H,30,34). The minimum absolute atomic E-state index is 0.0202. The van der Waals surface area contributed by atoms with Crippen molar-refractivity contribution < 1.29 is 13.2 Å². The molecule has 1 aliphatic heterocycles. The second-order valence-electron chi connectivity index (χ2n) is 10.3. The van der Waals surface area contributed by atoms with E-state index >= 15 is 0 Å². The number of carbonyl (C=O) groups is 1. The molecule has 1 atom stereocenters. The van der Waals surface area contributed by atoms with Crippen LogP contribution in [0.1, 0.15) is 66.2 Å². The zero-order valence-electron chi connectivity index (χ0n) is 21.6. The lowest BCUT2D eigenvalue weighted by molar-refractivity contribution is 0.102. The van der Waals surface area contributed by atoms with Crippen LogP contribution in [0.2, 0.25) is 0 Å². The number of hydrogen-bond donors (Lipinski definition) is 1. The third kappa shape index (κ3) is 4.65. The average Bonchev–Trinajstić information content (AvgIpc) is 3.49. The molecule has 2 aromatic heterocycles. The quantitative estimate of drug-likeness (QED) is 0.355. The highest BCUT2D eigenvalue weighted by Crippen LogP contribution is 2.32. The highest BCUT2D eigenvalue weighted by atomic mass is 32.2. The van der Waals surface area contributed by atoms with Crippen LogP contribution in [0.4, 0.5) is 5.82 Å². The molecule has 6 rings (SSSR count). The van der Waals surface area contributed by atoms with Crippen LogP contribution in [0.15, 0.2) is 47.4 Å². The monoisotopic (exact) mass is 549 g/mol. The van der Waals surface area contributed by atoms with Gasteiger partial charge in [-0.2, -0.15) is 14.1 Å². The van der Waals surface area contributed by atoms with Crippen LogP contribution in [-0.2, 0) is 22.9 Å². The first-order valence-electron chi connectivity index (χ1n) is 13.2.